The van der Waals surface area contributed by atoms with E-state index in [0.717, 1.165) is 0 Å². The predicted molar refractivity (Wildman–Crippen MR) is 26.3 cm³/mol. The molecule has 1 radical (unpaired) electrons. The number of rotatable bonds is 0. The van der Waals surface area contributed by atoms with Gasteiger partial charge in [0.15, 0.2) is 0 Å². The third-order valence-electron chi connectivity index (χ3n) is 0.372. The molecular weight excluding hydrogens is 160 g/mol. The van der Waals surface area contributed by atoms with Crippen molar-refractivity contribution in [3.8, 4) is 0 Å². The van der Waals surface area contributed by atoms with Crippen LogP contribution in [0.1, 0.15) is 0 Å². The minimum absolute atomic E-state index is 0. The Kier molecular flexibility index (Phi) is 8.81. The van der Waals surface area contributed by atoms with Crippen LogP contribution in [0.25, 0.3) is 0 Å². The van der Waals surface area contributed by atoms with Crippen molar-refractivity contribution >= 4 is 13.5 Å². The summed E-state index contributed by atoms with van der Waals surface area (Å²) >= 11 is 0. The summed E-state index contributed by atoms with van der Waals surface area (Å²) in [5.41, 5.74) is 0. The van der Waals surface area contributed by atoms with E-state index in [1.807, 2.05) is 0 Å². The first-order valence-corrected chi connectivity index (χ1v) is 1.37. The maximum absolute atomic E-state index is 3.61. The van der Waals surface area contributed by atoms with E-state index < -0.39 is 0 Å². The van der Waals surface area contributed by atoms with Crippen LogP contribution >= 0.6 is 0 Å². The molecule has 1 aromatic heterocycles. The van der Waals surface area contributed by atoms with E-state index in [0.29, 0.717) is 0 Å². The molecule has 43 valence electrons. The van der Waals surface area contributed by atoms with E-state index in [1.165, 1.54) is 6.33 Å². The van der Waals surface area contributed by atoms with Crippen molar-refractivity contribution in [3.63, 3.8) is 0 Å². The molecule has 0 saturated heterocycles. The van der Waals surface area contributed by atoms with Gasteiger partial charge in [0.1, 0.15) is 0 Å². The fraction of sp³-hybridized carbons (Fsp3) is 0. The van der Waals surface area contributed by atoms with Crippen molar-refractivity contribution in [2.45, 2.75) is 0 Å². The Bertz CT molecular complexity index is 69.4. The number of imidazole rings is 1. The van der Waals surface area contributed by atoms with Crippen molar-refractivity contribution in [1.82, 2.24) is 9.97 Å². The van der Waals surface area contributed by atoms with Crippen molar-refractivity contribution in [3.05, 3.63) is 18.7 Å². The van der Waals surface area contributed by atoms with Crippen LogP contribution in [0.2, 0.25) is 0 Å². The molecule has 0 aromatic carbocycles. The molecule has 0 aliphatic carbocycles. The zero-order chi connectivity index (χ0) is 3.54. The maximum Gasteiger partial charge on any atom is 2.00 e. The quantitative estimate of drug-likeness (QED) is 0.300. The summed E-state index contributed by atoms with van der Waals surface area (Å²) in [4.78, 5) is 7.22. The molecule has 4 heteroatoms. The molecule has 0 unspecified atom stereocenters. The number of nitrogens with zero attached hydrogens (tertiary/aromatic N) is 2. The van der Waals surface area contributed by atoms with Gasteiger partial charge in [-0.3, -0.25) is 0 Å². The summed E-state index contributed by atoms with van der Waals surface area (Å²) in [7, 11) is 0. The second-order valence-corrected chi connectivity index (χ2v) is 0.712. The molecule has 0 aliphatic heterocycles. The molecule has 2 nitrogen and oxygen atoms in total. The van der Waals surface area contributed by atoms with Gasteiger partial charge < -0.3 is 23.5 Å². The summed E-state index contributed by atoms with van der Waals surface area (Å²) < 4.78 is 0. The Labute approximate surface area is 59.6 Å². The van der Waals surface area contributed by atoms with Crippen molar-refractivity contribution in [1.29, 1.82) is 0 Å². The van der Waals surface area contributed by atoms with Gasteiger partial charge in [-0.25, -0.2) is 0 Å². The maximum atomic E-state index is 3.61. The first-order chi connectivity index (χ1) is 2.50. The van der Waals surface area contributed by atoms with E-state index in [2.05, 4.69) is 9.97 Å². The predicted octanol–water partition coefficient (Wildman–Crippen LogP) is -0.234. The molecule has 0 saturated carbocycles. The van der Waals surface area contributed by atoms with Gasteiger partial charge in [-0.2, -0.15) is 0 Å². The van der Waals surface area contributed by atoms with Crippen LogP contribution in [-0.2, 0) is 30.6 Å². The first-order valence-electron chi connectivity index (χ1n) is 1.37. The fourth-order valence-electron chi connectivity index (χ4n) is 0.192. The topological polar surface area (TPSA) is 27.0 Å². The largest absolute Gasteiger partial charge is 2.00 e. The van der Waals surface area contributed by atoms with Gasteiger partial charge in [0.2, 0.25) is 0 Å². The van der Waals surface area contributed by atoms with Crippen LogP contribution in [0.3, 0.4) is 0 Å². The second-order valence-electron chi connectivity index (χ2n) is 0.712. The normalized spacial score (nSPS) is 5.71. The molecule has 1 rings (SSSR count). The molecule has 0 spiro atoms. The Balaban J connectivity index is 0. The van der Waals surface area contributed by atoms with Gasteiger partial charge in [-0.1, -0.05) is 18.7 Å². The van der Waals surface area contributed by atoms with Crippen LogP contribution in [-0.4, -0.2) is 4.98 Å². The number of hydrogen-bond donors (Lipinski definition) is 0. The molecule has 0 amide bonds. The van der Waals surface area contributed by atoms with E-state index in [-0.39, 0.29) is 30.6 Å². The summed E-state index contributed by atoms with van der Waals surface area (Å²) in [6.07, 6.45) is 4.78. The molecular formula is C3H4CuN2S. The minimum atomic E-state index is 0. The van der Waals surface area contributed by atoms with Crippen LogP contribution < -0.4 is 4.98 Å². The third kappa shape index (κ3) is 3.92. The van der Waals surface area contributed by atoms with Crippen molar-refractivity contribution in [2.75, 3.05) is 0 Å². The Morgan fingerprint density at radius 1 is 1.43 bits per heavy atom. The third-order valence-corrected chi connectivity index (χ3v) is 0.372. The molecule has 0 atom stereocenters. The smallest absolute Gasteiger partial charge is 0.813 e. The van der Waals surface area contributed by atoms with Crippen molar-refractivity contribution < 1.29 is 17.1 Å². The average molecular weight is 164 g/mol. The standard InChI is InChI=1S/C3H3N2.Cu.H2S/c1-2-5-3-4-1;;/h1-3H;;1H2/q-1;+2;/p-1. The number of hydrogen-bond acceptors (Lipinski definition) is 2. The zero-order valence-electron chi connectivity index (χ0n) is 3.38. The van der Waals surface area contributed by atoms with Gasteiger partial charge in [0, 0.05) is 0 Å². The molecule has 0 N–H and O–H groups in total. The summed E-state index contributed by atoms with van der Waals surface area (Å²) in [6.45, 7) is 0. The fourth-order valence-corrected chi connectivity index (χ4v) is 0.192. The van der Waals surface area contributed by atoms with Gasteiger partial charge in [-0.15, -0.1) is 0 Å². The molecule has 1 heterocycles. The summed E-state index contributed by atoms with van der Waals surface area (Å²) in [5.74, 6) is 0. The molecule has 0 bridgehead atoms. The average Bonchev–Trinajstić information content (AvgIpc) is 1.76. The van der Waals surface area contributed by atoms with Crippen LogP contribution in [0, 0.1) is 0 Å². The van der Waals surface area contributed by atoms with Gasteiger partial charge in [0.25, 0.3) is 0 Å². The first kappa shape index (κ1) is 10.1. The van der Waals surface area contributed by atoms with Crippen LogP contribution in [0.4, 0.5) is 0 Å². The van der Waals surface area contributed by atoms with Gasteiger partial charge in [-0.05, 0) is 0 Å². The van der Waals surface area contributed by atoms with Crippen molar-refractivity contribution in [2.24, 2.45) is 0 Å². The zero-order valence-corrected chi connectivity index (χ0v) is 5.21. The Morgan fingerprint density at radius 3 is 2.29 bits per heavy atom. The molecule has 0 fully saturated rings. The molecule has 1 aromatic rings. The second kappa shape index (κ2) is 6.08. The van der Waals surface area contributed by atoms with E-state index in [4.69, 9.17) is 0 Å². The molecule has 7 heavy (non-hydrogen) atoms. The SMILES string of the molecule is [Cu+2].[SH-].c1c[n-]cn1. The van der Waals surface area contributed by atoms with E-state index >= 15 is 0 Å². The monoisotopic (exact) mass is 163 g/mol. The minimum Gasteiger partial charge on any atom is -0.813 e. The van der Waals surface area contributed by atoms with Crippen LogP contribution in [0.15, 0.2) is 18.7 Å². The van der Waals surface area contributed by atoms with E-state index in [9.17, 15) is 0 Å². The summed E-state index contributed by atoms with van der Waals surface area (Å²) in [5, 5.41) is 0. The van der Waals surface area contributed by atoms with Gasteiger partial charge in [0.05, 0.1) is 0 Å². The number of aromatic nitrogens is 2. The van der Waals surface area contributed by atoms with Gasteiger partial charge >= 0.3 is 17.1 Å². The number of thiol groups is 1. The summed E-state index contributed by atoms with van der Waals surface area (Å²) in [6, 6.07) is 0. The van der Waals surface area contributed by atoms with E-state index in [1.54, 1.807) is 12.4 Å². The Hall–Kier alpha value is 0.0795. The molecule has 0 aliphatic rings. The Morgan fingerprint density at radius 2 is 2.14 bits per heavy atom. The van der Waals surface area contributed by atoms with Crippen LogP contribution in [0.5, 0.6) is 0 Å².